The molecule has 0 saturated carbocycles. The normalized spacial score (nSPS) is 14.8. The molecular formula is C58H59N4OPt+. The summed E-state index contributed by atoms with van der Waals surface area (Å²) in [5.74, 6) is 1.24. The number of benzene rings is 6. The summed E-state index contributed by atoms with van der Waals surface area (Å²) in [6.07, 6.45) is 7.43. The predicted octanol–water partition coefficient (Wildman–Crippen LogP) is 13.5. The third-order valence-electron chi connectivity index (χ3n) is 13.4. The molecule has 0 N–H and O–H groups in total. The van der Waals surface area contributed by atoms with E-state index < -0.39 is 5.41 Å². The summed E-state index contributed by atoms with van der Waals surface area (Å²) in [6, 6.07) is 45.2. The summed E-state index contributed by atoms with van der Waals surface area (Å²) in [7, 11) is 2.16. The molecule has 1 aromatic heterocycles. The molecule has 0 bridgehead atoms. The Kier molecular flexibility index (Phi) is 10.2. The van der Waals surface area contributed by atoms with Gasteiger partial charge in [-0.2, -0.15) is 24.9 Å². The summed E-state index contributed by atoms with van der Waals surface area (Å²) >= 11 is 0. The van der Waals surface area contributed by atoms with Gasteiger partial charge in [0.05, 0.1) is 5.69 Å². The molecule has 3 aliphatic rings. The van der Waals surface area contributed by atoms with Gasteiger partial charge in [0.25, 0.3) is 6.33 Å². The molecule has 0 radical (unpaired) electrons. The van der Waals surface area contributed by atoms with Gasteiger partial charge in [-0.05, 0) is 103 Å². The summed E-state index contributed by atoms with van der Waals surface area (Å²) < 4.78 is 10.7. The second-order valence-electron chi connectivity index (χ2n) is 22.0. The molecular weight excluding hydrogens is 964 g/mol. The van der Waals surface area contributed by atoms with Crippen LogP contribution in [0.1, 0.15) is 128 Å². The van der Waals surface area contributed by atoms with Crippen LogP contribution in [0, 0.1) is 25.1 Å². The third kappa shape index (κ3) is 6.79. The molecule has 6 aromatic carbocycles. The Morgan fingerprint density at radius 1 is 0.609 bits per heavy atom. The van der Waals surface area contributed by atoms with E-state index in [4.69, 9.17) is 4.74 Å². The van der Waals surface area contributed by atoms with Crippen molar-refractivity contribution in [3.8, 4) is 34.0 Å². The second kappa shape index (κ2) is 14.8. The largest absolute Gasteiger partial charge is 4.00 e. The minimum absolute atomic E-state index is 0. The first kappa shape index (κ1) is 43.8. The van der Waals surface area contributed by atoms with Crippen LogP contribution in [0.5, 0.6) is 11.5 Å². The smallest absolute Gasteiger partial charge is 0.510 e. The number of anilines is 3. The summed E-state index contributed by atoms with van der Waals surface area (Å²) in [5.41, 5.74) is 17.6. The molecule has 10 rings (SSSR count). The molecule has 6 heteroatoms. The van der Waals surface area contributed by atoms with Crippen molar-refractivity contribution in [1.82, 2.24) is 4.57 Å². The first-order valence-electron chi connectivity index (χ1n) is 22.4. The van der Waals surface area contributed by atoms with Crippen LogP contribution in [0.25, 0.3) is 22.5 Å². The fourth-order valence-corrected chi connectivity index (χ4v) is 10.2. The number of para-hydroxylation sites is 2. The maximum Gasteiger partial charge on any atom is 4.00 e. The predicted molar refractivity (Wildman–Crippen MR) is 257 cm³/mol. The number of nitrogens with zero attached hydrogens (tertiary/aromatic N) is 4. The van der Waals surface area contributed by atoms with E-state index in [9.17, 15) is 0 Å². The van der Waals surface area contributed by atoms with Gasteiger partial charge in [0.15, 0.2) is 0 Å². The van der Waals surface area contributed by atoms with E-state index in [0.29, 0.717) is 11.5 Å². The topological polar surface area (TPSA) is 24.5 Å². The Hall–Kier alpha value is -5.38. The molecule has 1 spiro atoms. The molecule has 0 atom stereocenters. The quantitative estimate of drug-likeness (QED) is 0.130. The SMILES string of the molecule is CN1[CH-]N2c3[c-]c(Oc4[c-]c(-n5[c-][n+](-c6ccccc6)cc5)ccc4)ccc3C3(c4cccc1c42)c1c(cc(C(C)(C)C)cc1C(C)(C)C)-c1cc(C(C)(C)C)cc(C(C)(C)C)c13.[Pt+4]. The summed E-state index contributed by atoms with van der Waals surface area (Å²) in [4.78, 5) is 4.61. The second-order valence-corrected chi connectivity index (χ2v) is 22.0. The van der Waals surface area contributed by atoms with Crippen molar-refractivity contribution in [2.45, 2.75) is 110 Å². The van der Waals surface area contributed by atoms with E-state index in [-0.39, 0.29) is 42.7 Å². The molecule has 0 amide bonds. The fourth-order valence-electron chi connectivity index (χ4n) is 10.2. The maximum atomic E-state index is 6.78. The Morgan fingerprint density at radius 2 is 1.20 bits per heavy atom. The van der Waals surface area contributed by atoms with Gasteiger partial charge in [0, 0.05) is 40.7 Å². The number of rotatable bonds is 4. The van der Waals surface area contributed by atoms with Crippen molar-refractivity contribution in [3.63, 3.8) is 0 Å². The monoisotopic (exact) mass is 1020 g/mol. The number of imidazole rings is 1. The molecule has 0 fully saturated rings. The van der Waals surface area contributed by atoms with Crippen LogP contribution >= 0.6 is 0 Å². The average molecular weight is 1020 g/mol. The number of hydrogen-bond donors (Lipinski definition) is 0. The molecule has 2 aliphatic heterocycles. The van der Waals surface area contributed by atoms with Gasteiger partial charge in [0.2, 0.25) is 0 Å². The molecule has 0 saturated heterocycles. The van der Waals surface area contributed by atoms with Crippen LogP contribution in [0.15, 0.2) is 116 Å². The molecule has 3 heterocycles. The summed E-state index contributed by atoms with van der Waals surface area (Å²) in [6.45, 7) is 30.7. The van der Waals surface area contributed by atoms with Crippen molar-refractivity contribution in [2.24, 2.45) is 0 Å². The average Bonchev–Trinajstić information content (AvgIpc) is 3.93. The molecule has 1 aliphatic carbocycles. The van der Waals surface area contributed by atoms with E-state index in [0.717, 1.165) is 17.1 Å². The van der Waals surface area contributed by atoms with E-state index in [1.165, 1.54) is 67.0 Å². The van der Waals surface area contributed by atoms with Crippen LogP contribution in [0.2, 0.25) is 0 Å². The molecule has 64 heavy (non-hydrogen) atoms. The van der Waals surface area contributed by atoms with Crippen molar-refractivity contribution in [3.05, 3.63) is 185 Å². The van der Waals surface area contributed by atoms with Crippen LogP contribution in [-0.2, 0) is 48.1 Å². The van der Waals surface area contributed by atoms with E-state index in [1.54, 1.807) is 0 Å². The van der Waals surface area contributed by atoms with Crippen molar-refractivity contribution < 1.29 is 30.4 Å². The minimum atomic E-state index is -0.654. The van der Waals surface area contributed by atoms with E-state index >= 15 is 0 Å². The van der Waals surface area contributed by atoms with Gasteiger partial charge < -0.3 is 19.1 Å². The van der Waals surface area contributed by atoms with Crippen molar-refractivity contribution >= 4 is 17.1 Å². The van der Waals surface area contributed by atoms with Gasteiger partial charge in [-0.25, -0.2) is 0 Å². The van der Waals surface area contributed by atoms with Gasteiger partial charge in [-0.3, -0.25) is 4.57 Å². The third-order valence-corrected chi connectivity index (χ3v) is 13.4. The number of aromatic nitrogens is 2. The standard InChI is InChI=1S/C58H59N4O.Pt/c1-54(2,3)37-29-43-44-30-38(55(4,5)6)32-48(57(10,11)12)52(44)58(51(43)47(31-37)56(7,8)9)45-26-25-42(34-50(45)62-35-59(13)49-24-18-23-46(58)53(49)62)63-41-22-17-21-40(33-41)61-28-27-60(36-61)39-19-15-14-16-20-39;/h14-32,35H,1-13H3;/q-3;+4. The van der Waals surface area contributed by atoms with Crippen molar-refractivity contribution in [2.75, 3.05) is 16.8 Å². The minimum Gasteiger partial charge on any atom is -0.510 e. The Labute approximate surface area is 396 Å². The molecule has 5 nitrogen and oxygen atoms in total. The van der Waals surface area contributed by atoms with Crippen molar-refractivity contribution in [1.29, 1.82) is 0 Å². The Morgan fingerprint density at radius 3 is 1.80 bits per heavy atom. The first-order chi connectivity index (χ1) is 29.7. The van der Waals surface area contributed by atoms with Crippen LogP contribution in [0.4, 0.5) is 17.1 Å². The Balaban J connectivity index is 0.00000518. The summed E-state index contributed by atoms with van der Waals surface area (Å²) in [5, 5.41) is 0. The zero-order valence-electron chi connectivity index (χ0n) is 39.6. The zero-order chi connectivity index (χ0) is 44.6. The fraction of sp³-hybridized carbons (Fsp3) is 0.310. The van der Waals surface area contributed by atoms with Crippen LogP contribution < -0.4 is 19.1 Å². The van der Waals surface area contributed by atoms with E-state index in [2.05, 4.69) is 192 Å². The van der Waals surface area contributed by atoms with Gasteiger partial charge >= 0.3 is 21.1 Å². The van der Waals surface area contributed by atoms with E-state index in [1.807, 2.05) is 57.9 Å². The molecule has 0 unspecified atom stereocenters. The molecule has 7 aromatic rings. The maximum absolute atomic E-state index is 6.78. The van der Waals surface area contributed by atoms with Gasteiger partial charge in [-0.1, -0.05) is 143 Å². The zero-order valence-corrected chi connectivity index (χ0v) is 41.8. The van der Waals surface area contributed by atoms with Gasteiger partial charge in [0.1, 0.15) is 0 Å². The van der Waals surface area contributed by atoms with Crippen LogP contribution in [0.3, 0.4) is 0 Å². The van der Waals surface area contributed by atoms with Gasteiger partial charge in [-0.15, -0.1) is 29.8 Å². The molecule has 326 valence electrons. The van der Waals surface area contributed by atoms with Crippen LogP contribution in [-0.4, -0.2) is 11.6 Å². The number of fused-ring (bicyclic) bond motifs is 9. The number of ether oxygens (including phenoxy) is 1. The Bertz CT molecular complexity index is 2890. The number of hydrogen-bond acceptors (Lipinski definition) is 3. The first-order valence-corrected chi connectivity index (χ1v) is 22.4.